The first-order chi connectivity index (χ1) is 13.6. The van der Waals surface area contributed by atoms with E-state index in [-0.39, 0.29) is 35.7 Å². The van der Waals surface area contributed by atoms with E-state index in [1.54, 1.807) is 0 Å². The normalized spacial score (nSPS) is 14.3. The molecule has 1 aromatic carbocycles. The Balaban J connectivity index is 1.47. The lowest BCUT2D eigenvalue weighted by atomic mass is 10.1. The smallest absolute Gasteiger partial charge is 0.325 e. The van der Waals surface area contributed by atoms with Gasteiger partial charge in [-0.05, 0) is 11.6 Å². The van der Waals surface area contributed by atoms with E-state index in [1.807, 2.05) is 30.3 Å². The Morgan fingerprint density at radius 3 is 2.68 bits per heavy atom. The molecular formula is C20H21ClN2O5. The van der Waals surface area contributed by atoms with Gasteiger partial charge in [0.15, 0.2) is 0 Å². The first kappa shape index (κ1) is 20.1. The summed E-state index contributed by atoms with van der Waals surface area (Å²) in [5.74, 6) is -0.716. The molecule has 1 aliphatic heterocycles. The van der Waals surface area contributed by atoms with Crippen LogP contribution < -0.4 is 10.1 Å². The minimum Gasteiger partial charge on any atom is -0.473 e. The Bertz CT molecular complexity index is 809. The van der Waals surface area contributed by atoms with Gasteiger partial charge in [0.2, 0.25) is 5.88 Å². The molecule has 7 nitrogen and oxygen atoms in total. The molecule has 2 aromatic rings. The van der Waals surface area contributed by atoms with E-state index < -0.39 is 11.9 Å². The van der Waals surface area contributed by atoms with Gasteiger partial charge in [0.1, 0.15) is 24.3 Å². The molecule has 0 radical (unpaired) electrons. The molecule has 2 heterocycles. The second-order valence-electron chi connectivity index (χ2n) is 6.27. The van der Waals surface area contributed by atoms with Gasteiger partial charge < -0.3 is 19.5 Å². The van der Waals surface area contributed by atoms with Crippen LogP contribution in [-0.4, -0.2) is 42.7 Å². The number of pyridine rings is 1. The molecule has 0 bridgehead atoms. The van der Waals surface area contributed by atoms with Crippen LogP contribution in [-0.2, 0) is 20.9 Å². The van der Waals surface area contributed by atoms with Gasteiger partial charge >= 0.3 is 5.97 Å². The van der Waals surface area contributed by atoms with Crippen molar-refractivity contribution in [1.82, 2.24) is 10.3 Å². The Kier molecular flexibility index (Phi) is 7.22. The maximum Gasteiger partial charge on any atom is 0.325 e. The number of carbonyl (C=O) groups is 2. The van der Waals surface area contributed by atoms with Gasteiger partial charge in [-0.2, -0.15) is 0 Å². The number of rotatable bonds is 7. The molecule has 1 saturated heterocycles. The van der Waals surface area contributed by atoms with E-state index in [0.29, 0.717) is 13.2 Å². The first-order valence-electron chi connectivity index (χ1n) is 8.99. The number of hydrogen-bond donors (Lipinski definition) is 1. The van der Waals surface area contributed by atoms with E-state index in [1.165, 1.54) is 12.3 Å². The molecule has 0 aliphatic carbocycles. The molecule has 1 aliphatic rings. The van der Waals surface area contributed by atoms with Crippen molar-refractivity contribution in [3.05, 3.63) is 58.7 Å². The topological polar surface area (TPSA) is 86.8 Å². The van der Waals surface area contributed by atoms with Crippen LogP contribution in [0.3, 0.4) is 0 Å². The van der Waals surface area contributed by atoms with Crippen LogP contribution in [0, 0.1) is 0 Å². The number of halogens is 1. The zero-order valence-corrected chi connectivity index (χ0v) is 16.0. The maximum atomic E-state index is 12.2. The predicted molar refractivity (Wildman–Crippen MR) is 102 cm³/mol. The number of hydrogen-bond acceptors (Lipinski definition) is 6. The van der Waals surface area contributed by atoms with Gasteiger partial charge in [0.25, 0.3) is 5.91 Å². The third kappa shape index (κ3) is 5.94. The molecule has 148 valence electrons. The minimum absolute atomic E-state index is 0.00203. The fourth-order valence-electron chi connectivity index (χ4n) is 2.63. The van der Waals surface area contributed by atoms with Gasteiger partial charge in [0.05, 0.1) is 18.8 Å². The second-order valence-corrected chi connectivity index (χ2v) is 6.68. The molecule has 0 atom stereocenters. The number of carbonyl (C=O) groups excluding carboxylic acids is 2. The van der Waals surface area contributed by atoms with Crippen molar-refractivity contribution in [2.75, 3.05) is 19.8 Å². The second kappa shape index (κ2) is 10.1. The van der Waals surface area contributed by atoms with Crippen LogP contribution in [0.4, 0.5) is 0 Å². The van der Waals surface area contributed by atoms with Gasteiger partial charge in [-0.3, -0.25) is 9.59 Å². The largest absolute Gasteiger partial charge is 0.473 e. The summed E-state index contributed by atoms with van der Waals surface area (Å²) in [6, 6.07) is 10.8. The number of benzene rings is 1. The van der Waals surface area contributed by atoms with Crippen molar-refractivity contribution in [2.24, 2.45) is 0 Å². The lowest BCUT2D eigenvalue weighted by molar-refractivity contribution is -0.143. The molecule has 1 amide bonds. The molecule has 3 rings (SSSR count). The summed E-state index contributed by atoms with van der Waals surface area (Å²) in [4.78, 5) is 28.1. The summed E-state index contributed by atoms with van der Waals surface area (Å²) in [6.45, 7) is 1.19. The monoisotopic (exact) mass is 404 g/mol. The van der Waals surface area contributed by atoms with E-state index in [0.717, 1.165) is 18.4 Å². The molecule has 1 fully saturated rings. The summed E-state index contributed by atoms with van der Waals surface area (Å²) in [5, 5.41) is 2.74. The van der Waals surface area contributed by atoms with Crippen LogP contribution in [0.1, 0.15) is 28.8 Å². The van der Waals surface area contributed by atoms with Gasteiger partial charge in [-0.25, -0.2) is 4.98 Å². The number of nitrogens with one attached hydrogen (secondary N) is 1. The standard InChI is InChI=1S/C20H21ClN2O5/c21-17-10-15(11-23-20(17)28-16-6-8-26-9-7-16)19(25)22-12-18(24)27-13-14-4-2-1-3-5-14/h1-5,10-11,16H,6-9,12-13H2,(H,22,25). The third-order valence-corrected chi connectivity index (χ3v) is 4.42. The SMILES string of the molecule is O=C(CNC(=O)c1cnc(OC2CCOCC2)c(Cl)c1)OCc1ccccc1. The van der Waals surface area contributed by atoms with Crippen molar-refractivity contribution >= 4 is 23.5 Å². The van der Waals surface area contributed by atoms with Gasteiger partial charge in [0, 0.05) is 19.0 Å². The number of ether oxygens (including phenoxy) is 3. The fraction of sp³-hybridized carbons (Fsp3) is 0.350. The Morgan fingerprint density at radius 1 is 1.21 bits per heavy atom. The van der Waals surface area contributed by atoms with Crippen molar-refractivity contribution in [3.63, 3.8) is 0 Å². The third-order valence-electron chi connectivity index (χ3n) is 4.15. The molecule has 1 aromatic heterocycles. The maximum absolute atomic E-state index is 12.2. The predicted octanol–water partition coefficient (Wildman–Crippen LogP) is 2.77. The molecule has 28 heavy (non-hydrogen) atoms. The molecule has 1 N–H and O–H groups in total. The highest BCUT2D eigenvalue weighted by Crippen LogP contribution is 2.25. The van der Waals surface area contributed by atoms with Gasteiger partial charge in [-0.15, -0.1) is 0 Å². The summed E-state index contributed by atoms with van der Waals surface area (Å²) >= 11 is 6.18. The van der Waals surface area contributed by atoms with Crippen LogP contribution in [0.5, 0.6) is 5.88 Å². The highest BCUT2D eigenvalue weighted by molar-refractivity contribution is 6.32. The van der Waals surface area contributed by atoms with E-state index in [4.69, 9.17) is 25.8 Å². The Hall–Kier alpha value is -2.64. The van der Waals surface area contributed by atoms with Gasteiger partial charge in [-0.1, -0.05) is 41.9 Å². The number of aromatic nitrogens is 1. The summed E-state index contributed by atoms with van der Waals surface area (Å²) < 4.78 is 16.2. The highest BCUT2D eigenvalue weighted by Gasteiger charge is 2.18. The number of esters is 1. The minimum atomic E-state index is -0.532. The fourth-order valence-corrected chi connectivity index (χ4v) is 2.84. The van der Waals surface area contributed by atoms with Crippen LogP contribution in [0.2, 0.25) is 5.02 Å². The van der Waals surface area contributed by atoms with Crippen molar-refractivity contribution in [3.8, 4) is 5.88 Å². The zero-order chi connectivity index (χ0) is 19.8. The van der Waals surface area contributed by atoms with Crippen LogP contribution in [0.25, 0.3) is 0 Å². The Morgan fingerprint density at radius 2 is 1.96 bits per heavy atom. The molecule has 8 heteroatoms. The van der Waals surface area contributed by atoms with Crippen LogP contribution >= 0.6 is 11.6 Å². The number of nitrogens with zero attached hydrogens (tertiary/aromatic N) is 1. The average molecular weight is 405 g/mol. The summed E-state index contributed by atoms with van der Waals surface area (Å²) in [7, 11) is 0. The molecule has 0 saturated carbocycles. The van der Waals surface area contributed by atoms with E-state index in [9.17, 15) is 9.59 Å². The molecule has 0 unspecified atom stereocenters. The van der Waals surface area contributed by atoms with E-state index in [2.05, 4.69) is 10.3 Å². The number of amides is 1. The van der Waals surface area contributed by atoms with Crippen molar-refractivity contribution < 1.29 is 23.8 Å². The Labute approximate surface area is 168 Å². The molecular weight excluding hydrogens is 384 g/mol. The van der Waals surface area contributed by atoms with Crippen LogP contribution in [0.15, 0.2) is 42.6 Å². The lowest BCUT2D eigenvalue weighted by Crippen LogP contribution is -2.30. The van der Waals surface area contributed by atoms with E-state index >= 15 is 0 Å². The van der Waals surface area contributed by atoms with Crippen molar-refractivity contribution in [1.29, 1.82) is 0 Å². The highest BCUT2D eigenvalue weighted by atomic mass is 35.5. The average Bonchev–Trinajstić information content (AvgIpc) is 2.73. The van der Waals surface area contributed by atoms with Crippen molar-refractivity contribution in [2.45, 2.75) is 25.6 Å². The summed E-state index contributed by atoms with van der Waals surface area (Å²) in [6.07, 6.45) is 2.90. The lowest BCUT2D eigenvalue weighted by Gasteiger charge is -2.23. The zero-order valence-electron chi connectivity index (χ0n) is 15.2. The summed E-state index contributed by atoms with van der Waals surface area (Å²) in [5.41, 5.74) is 1.11. The first-order valence-corrected chi connectivity index (χ1v) is 9.37. The molecule has 0 spiro atoms. The quantitative estimate of drug-likeness (QED) is 0.714.